The molecule has 0 fully saturated rings. The van der Waals surface area contributed by atoms with Crippen molar-refractivity contribution in [1.29, 1.82) is 0 Å². The van der Waals surface area contributed by atoms with Gasteiger partial charge in [-0.3, -0.25) is 9.59 Å². The monoisotopic (exact) mass is 322 g/mol. The maximum atomic E-state index is 12.8. The Balaban J connectivity index is 2.18. The summed E-state index contributed by atoms with van der Waals surface area (Å²) >= 11 is 0. The van der Waals surface area contributed by atoms with Gasteiger partial charge in [-0.25, -0.2) is 0 Å². The van der Waals surface area contributed by atoms with Crippen molar-refractivity contribution in [2.45, 2.75) is 12.8 Å². The van der Waals surface area contributed by atoms with Crippen molar-refractivity contribution in [1.82, 2.24) is 0 Å². The highest BCUT2D eigenvalue weighted by Crippen LogP contribution is 2.40. The van der Waals surface area contributed by atoms with Crippen molar-refractivity contribution in [2.75, 3.05) is 14.2 Å². The lowest BCUT2D eigenvalue weighted by Crippen LogP contribution is -2.14. The van der Waals surface area contributed by atoms with Crippen LogP contribution in [0.3, 0.4) is 0 Å². The molecule has 1 unspecified atom stereocenters. The Morgan fingerprint density at radius 1 is 1.08 bits per heavy atom. The van der Waals surface area contributed by atoms with Crippen LogP contribution in [0.5, 0.6) is 11.5 Å². The molecular formula is C20H18O4. The summed E-state index contributed by atoms with van der Waals surface area (Å²) in [6, 6.07) is 12.8. The third kappa shape index (κ3) is 2.60. The second-order valence-electron chi connectivity index (χ2n) is 5.66. The molecule has 0 bridgehead atoms. The first-order valence-corrected chi connectivity index (χ1v) is 7.64. The van der Waals surface area contributed by atoms with E-state index in [0.29, 0.717) is 17.1 Å². The molecular weight excluding hydrogens is 304 g/mol. The van der Waals surface area contributed by atoms with Gasteiger partial charge in [-0.1, -0.05) is 24.3 Å². The highest BCUT2D eigenvalue weighted by Gasteiger charge is 2.37. The molecule has 0 heterocycles. The molecule has 0 amide bonds. The zero-order valence-electron chi connectivity index (χ0n) is 13.8. The number of methoxy groups -OCH3 is 2. The van der Waals surface area contributed by atoms with Gasteiger partial charge >= 0.3 is 0 Å². The molecule has 0 spiro atoms. The Morgan fingerprint density at radius 3 is 2.50 bits per heavy atom. The van der Waals surface area contributed by atoms with Crippen LogP contribution in [-0.2, 0) is 9.59 Å². The third-order valence-corrected chi connectivity index (χ3v) is 4.23. The zero-order valence-corrected chi connectivity index (χ0v) is 13.8. The number of Topliss-reactive ketones (excluding diaryl/α,β-unsaturated/α-hetero) is 2. The molecule has 1 atom stereocenters. The number of allylic oxidation sites excluding steroid dienone is 1. The second kappa shape index (κ2) is 6.32. The molecule has 3 rings (SSSR count). The fourth-order valence-corrected chi connectivity index (χ4v) is 3.08. The van der Waals surface area contributed by atoms with Gasteiger partial charge in [0.05, 0.1) is 14.2 Å². The third-order valence-electron chi connectivity index (χ3n) is 4.23. The van der Waals surface area contributed by atoms with Crippen LogP contribution >= 0.6 is 0 Å². The van der Waals surface area contributed by atoms with Crippen molar-refractivity contribution in [3.63, 3.8) is 0 Å². The largest absolute Gasteiger partial charge is 0.497 e. The Kier molecular flexibility index (Phi) is 4.21. The van der Waals surface area contributed by atoms with E-state index in [0.717, 1.165) is 16.7 Å². The maximum Gasteiger partial charge on any atom is 0.178 e. The van der Waals surface area contributed by atoms with Crippen molar-refractivity contribution >= 4 is 23.2 Å². The molecule has 24 heavy (non-hydrogen) atoms. The van der Waals surface area contributed by atoms with Gasteiger partial charge in [0.25, 0.3) is 0 Å². The van der Waals surface area contributed by atoms with Gasteiger partial charge in [0.2, 0.25) is 0 Å². The van der Waals surface area contributed by atoms with Gasteiger partial charge in [0.15, 0.2) is 5.78 Å². The molecule has 2 aromatic carbocycles. The lowest BCUT2D eigenvalue weighted by Gasteiger charge is -2.08. The highest BCUT2D eigenvalue weighted by molar-refractivity contribution is 6.37. The molecule has 1 aliphatic carbocycles. The standard InChI is InChI=1S/C20H18O4/c1-12(21)19-16-7-5-4-6-15(16)17(20(19)22)11-13-10-14(23-2)8-9-18(13)24-3/h4-11,19H,1-3H3/b17-11+. The molecule has 0 radical (unpaired) electrons. The fourth-order valence-electron chi connectivity index (χ4n) is 3.08. The Hall–Kier alpha value is -2.88. The minimum Gasteiger partial charge on any atom is -0.497 e. The molecule has 0 aliphatic heterocycles. The van der Waals surface area contributed by atoms with E-state index >= 15 is 0 Å². The SMILES string of the molecule is COc1ccc(OC)c(/C=C2/C(=O)C(C(C)=O)c3ccccc32)c1. The normalized spacial score (nSPS) is 17.7. The van der Waals surface area contributed by atoms with E-state index in [1.54, 1.807) is 32.4 Å². The maximum absolute atomic E-state index is 12.8. The molecule has 0 saturated carbocycles. The van der Waals surface area contributed by atoms with Crippen LogP contribution in [0.15, 0.2) is 42.5 Å². The van der Waals surface area contributed by atoms with E-state index in [2.05, 4.69) is 0 Å². The van der Waals surface area contributed by atoms with E-state index in [1.807, 2.05) is 30.3 Å². The number of hydrogen-bond acceptors (Lipinski definition) is 4. The number of ketones is 2. The summed E-state index contributed by atoms with van der Waals surface area (Å²) < 4.78 is 10.6. The average molecular weight is 322 g/mol. The minimum absolute atomic E-state index is 0.145. The van der Waals surface area contributed by atoms with Gasteiger partial charge < -0.3 is 9.47 Å². The molecule has 0 aromatic heterocycles. The summed E-state index contributed by atoms with van der Waals surface area (Å²) in [6.45, 7) is 1.45. The van der Waals surface area contributed by atoms with Crippen LogP contribution in [0.4, 0.5) is 0 Å². The van der Waals surface area contributed by atoms with Gasteiger partial charge in [-0.2, -0.15) is 0 Å². The number of rotatable bonds is 4. The van der Waals surface area contributed by atoms with Crippen LogP contribution in [0.2, 0.25) is 0 Å². The van der Waals surface area contributed by atoms with Crippen molar-refractivity contribution < 1.29 is 19.1 Å². The Morgan fingerprint density at radius 2 is 1.83 bits per heavy atom. The smallest absolute Gasteiger partial charge is 0.178 e. The number of fused-ring (bicyclic) bond motifs is 1. The Labute approximate surface area is 140 Å². The summed E-state index contributed by atoms with van der Waals surface area (Å²) in [7, 11) is 3.16. The number of ether oxygens (including phenoxy) is 2. The highest BCUT2D eigenvalue weighted by atomic mass is 16.5. The molecule has 122 valence electrons. The Bertz CT molecular complexity index is 848. The summed E-state index contributed by atoms with van der Waals surface area (Å²) in [4.78, 5) is 24.7. The van der Waals surface area contributed by atoms with Gasteiger partial charge in [0, 0.05) is 11.1 Å². The lowest BCUT2D eigenvalue weighted by atomic mass is 9.97. The molecule has 4 heteroatoms. The minimum atomic E-state index is -0.718. The van der Waals surface area contributed by atoms with E-state index in [9.17, 15) is 9.59 Å². The average Bonchev–Trinajstić information content (AvgIpc) is 2.87. The van der Waals surface area contributed by atoms with Crippen LogP contribution in [0.1, 0.15) is 29.5 Å². The number of hydrogen-bond donors (Lipinski definition) is 0. The fraction of sp³-hybridized carbons (Fsp3) is 0.200. The quantitative estimate of drug-likeness (QED) is 0.638. The predicted octanol–water partition coefficient (Wildman–Crippen LogP) is 3.50. The van der Waals surface area contributed by atoms with E-state index in [1.165, 1.54) is 6.92 Å². The topological polar surface area (TPSA) is 52.6 Å². The summed E-state index contributed by atoms with van der Waals surface area (Å²) in [5, 5.41) is 0. The molecule has 0 saturated heterocycles. The van der Waals surface area contributed by atoms with Gasteiger partial charge in [0.1, 0.15) is 23.2 Å². The van der Waals surface area contributed by atoms with Crippen LogP contribution in [-0.4, -0.2) is 25.8 Å². The van der Waals surface area contributed by atoms with Crippen molar-refractivity contribution in [2.24, 2.45) is 0 Å². The van der Waals surface area contributed by atoms with E-state index in [-0.39, 0.29) is 11.6 Å². The lowest BCUT2D eigenvalue weighted by molar-refractivity contribution is -0.124. The summed E-state index contributed by atoms with van der Waals surface area (Å²) in [6.07, 6.45) is 1.77. The van der Waals surface area contributed by atoms with E-state index in [4.69, 9.17) is 9.47 Å². The molecule has 0 N–H and O–H groups in total. The first-order valence-electron chi connectivity index (χ1n) is 7.64. The first-order chi connectivity index (χ1) is 11.6. The molecule has 1 aliphatic rings. The predicted molar refractivity (Wildman–Crippen MR) is 92.3 cm³/mol. The van der Waals surface area contributed by atoms with Crippen LogP contribution < -0.4 is 9.47 Å². The number of carbonyl (C=O) groups excluding carboxylic acids is 2. The summed E-state index contributed by atoms with van der Waals surface area (Å²) in [5.41, 5.74) is 2.83. The van der Waals surface area contributed by atoms with Crippen molar-refractivity contribution in [3.8, 4) is 11.5 Å². The first kappa shape index (κ1) is 16.0. The van der Waals surface area contributed by atoms with Gasteiger partial charge in [-0.05, 0) is 42.3 Å². The van der Waals surface area contributed by atoms with Crippen molar-refractivity contribution in [3.05, 3.63) is 59.2 Å². The molecule has 2 aromatic rings. The number of benzene rings is 2. The van der Waals surface area contributed by atoms with Crippen LogP contribution in [0.25, 0.3) is 11.6 Å². The van der Waals surface area contributed by atoms with Gasteiger partial charge in [-0.15, -0.1) is 0 Å². The zero-order chi connectivity index (χ0) is 17.3. The number of carbonyl (C=O) groups is 2. The second-order valence-corrected chi connectivity index (χ2v) is 5.66. The van der Waals surface area contributed by atoms with E-state index < -0.39 is 5.92 Å². The van der Waals surface area contributed by atoms with Crippen LogP contribution in [0, 0.1) is 0 Å². The summed E-state index contributed by atoms with van der Waals surface area (Å²) in [5.74, 6) is 0.274. The molecule has 4 nitrogen and oxygen atoms in total.